The SMILES string of the molecule is Cc1c(C)c2c(c3ccccc13)c1c(C)c3ccccc3c(C)c1n2C. The van der Waals surface area contributed by atoms with Gasteiger partial charge < -0.3 is 4.57 Å². The molecule has 128 valence electrons. The molecule has 1 aromatic heterocycles. The van der Waals surface area contributed by atoms with Gasteiger partial charge in [0.15, 0.2) is 0 Å². The van der Waals surface area contributed by atoms with Crippen LogP contribution < -0.4 is 0 Å². The predicted octanol–water partition coefficient (Wildman–Crippen LogP) is 6.87. The number of benzene rings is 4. The first-order chi connectivity index (χ1) is 12.5. The lowest BCUT2D eigenvalue weighted by Gasteiger charge is -2.11. The highest BCUT2D eigenvalue weighted by atomic mass is 14.9. The van der Waals surface area contributed by atoms with Gasteiger partial charge in [-0.15, -0.1) is 0 Å². The molecule has 0 radical (unpaired) electrons. The van der Waals surface area contributed by atoms with E-state index in [1.165, 1.54) is 65.6 Å². The van der Waals surface area contributed by atoms with Crippen molar-refractivity contribution in [2.75, 3.05) is 0 Å². The molecule has 5 rings (SSSR count). The molecule has 0 bridgehead atoms. The van der Waals surface area contributed by atoms with Crippen LogP contribution in [0.15, 0.2) is 48.5 Å². The van der Waals surface area contributed by atoms with Crippen LogP contribution >= 0.6 is 0 Å². The summed E-state index contributed by atoms with van der Waals surface area (Å²) in [6.45, 7) is 9.08. The van der Waals surface area contributed by atoms with Crippen molar-refractivity contribution in [2.45, 2.75) is 27.7 Å². The van der Waals surface area contributed by atoms with Gasteiger partial charge in [0.2, 0.25) is 0 Å². The monoisotopic (exact) mass is 337 g/mol. The zero-order valence-corrected chi connectivity index (χ0v) is 16.1. The molecule has 4 aromatic carbocycles. The summed E-state index contributed by atoms with van der Waals surface area (Å²) in [4.78, 5) is 0. The van der Waals surface area contributed by atoms with Crippen LogP contribution in [-0.4, -0.2) is 4.57 Å². The van der Waals surface area contributed by atoms with E-state index in [1.54, 1.807) is 0 Å². The lowest BCUT2D eigenvalue weighted by Crippen LogP contribution is -1.94. The Balaban J connectivity index is 2.25. The molecule has 0 fully saturated rings. The van der Waals surface area contributed by atoms with Crippen molar-refractivity contribution in [3.8, 4) is 0 Å². The van der Waals surface area contributed by atoms with Gasteiger partial charge in [-0.3, -0.25) is 0 Å². The summed E-state index contributed by atoms with van der Waals surface area (Å²) in [5, 5.41) is 8.30. The molecule has 0 unspecified atom stereocenters. The molecule has 0 saturated carbocycles. The van der Waals surface area contributed by atoms with Gasteiger partial charge in [-0.2, -0.15) is 0 Å². The van der Waals surface area contributed by atoms with Gasteiger partial charge in [0.05, 0.1) is 11.0 Å². The molecule has 0 saturated heterocycles. The minimum absolute atomic E-state index is 1.36. The number of aryl methyl sites for hydroxylation is 5. The number of aromatic nitrogens is 1. The molecule has 5 aromatic rings. The second kappa shape index (κ2) is 5.11. The van der Waals surface area contributed by atoms with Crippen molar-refractivity contribution < 1.29 is 0 Å². The summed E-state index contributed by atoms with van der Waals surface area (Å²) >= 11 is 0. The summed E-state index contributed by atoms with van der Waals surface area (Å²) in [6.07, 6.45) is 0. The van der Waals surface area contributed by atoms with Crippen molar-refractivity contribution in [2.24, 2.45) is 7.05 Å². The normalized spacial score (nSPS) is 12.0. The maximum atomic E-state index is 2.42. The van der Waals surface area contributed by atoms with Gasteiger partial charge in [-0.05, 0) is 71.5 Å². The first-order valence-corrected chi connectivity index (χ1v) is 9.30. The molecule has 0 atom stereocenters. The minimum atomic E-state index is 1.36. The first kappa shape index (κ1) is 15.5. The Kier molecular flexibility index (Phi) is 3.04. The van der Waals surface area contributed by atoms with Gasteiger partial charge in [0.1, 0.15) is 0 Å². The van der Waals surface area contributed by atoms with Gasteiger partial charge in [-0.25, -0.2) is 0 Å². The fourth-order valence-corrected chi connectivity index (χ4v) is 5.00. The molecule has 0 aliphatic carbocycles. The van der Waals surface area contributed by atoms with E-state index in [0.29, 0.717) is 0 Å². The second-order valence-corrected chi connectivity index (χ2v) is 7.60. The van der Waals surface area contributed by atoms with Crippen LogP contribution in [0.1, 0.15) is 22.3 Å². The zero-order valence-electron chi connectivity index (χ0n) is 16.1. The minimum Gasteiger partial charge on any atom is -0.343 e. The summed E-state index contributed by atoms with van der Waals surface area (Å²) in [6, 6.07) is 17.7. The topological polar surface area (TPSA) is 4.93 Å². The van der Waals surface area contributed by atoms with Crippen LogP contribution in [0.25, 0.3) is 43.4 Å². The Labute approximate surface area is 153 Å². The van der Waals surface area contributed by atoms with Crippen LogP contribution in [0, 0.1) is 27.7 Å². The number of hydrogen-bond donors (Lipinski definition) is 0. The largest absolute Gasteiger partial charge is 0.343 e. The highest BCUT2D eigenvalue weighted by Gasteiger charge is 2.20. The van der Waals surface area contributed by atoms with Crippen LogP contribution in [-0.2, 0) is 7.05 Å². The quantitative estimate of drug-likeness (QED) is 0.290. The second-order valence-electron chi connectivity index (χ2n) is 7.60. The van der Waals surface area contributed by atoms with E-state index in [-0.39, 0.29) is 0 Å². The van der Waals surface area contributed by atoms with Crippen molar-refractivity contribution in [1.29, 1.82) is 0 Å². The lowest BCUT2D eigenvalue weighted by atomic mass is 9.92. The first-order valence-electron chi connectivity index (χ1n) is 9.30. The summed E-state index contributed by atoms with van der Waals surface area (Å²) in [7, 11) is 2.23. The van der Waals surface area contributed by atoms with E-state index >= 15 is 0 Å². The van der Waals surface area contributed by atoms with Crippen LogP contribution in [0.5, 0.6) is 0 Å². The number of fused-ring (bicyclic) bond motifs is 6. The van der Waals surface area contributed by atoms with Gasteiger partial charge in [0.25, 0.3) is 0 Å². The van der Waals surface area contributed by atoms with E-state index in [2.05, 4.69) is 87.8 Å². The Hall–Kier alpha value is -2.80. The summed E-state index contributed by atoms with van der Waals surface area (Å²) in [5.74, 6) is 0. The zero-order chi connectivity index (χ0) is 18.2. The van der Waals surface area contributed by atoms with Gasteiger partial charge >= 0.3 is 0 Å². The Morgan fingerprint density at radius 1 is 0.500 bits per heavy atom. The molecular weight excluding hydrogens is 314 g/mol. The van der Waals surface area contributed by atoms with Gasteiger partial charge in [0, 0.05) is 17.8 Å². The van der Waals surface area contributed by atoms with Crippen LogP contribution in [0.2, 0.25) is 0 Å². The van der Waals surface area contributed by atoms with Crippen molar-refractivity contribution in [1.82, 2.24) is 4.57 Å². The van der Waals surface area contributed by atoms with Crippen LogP contribution in [0.4, 0.5) is 0 Å². The summed E-state index contributed by atoms with van der Waals surface area (Å²) < 4.78 is 2.42. The van der Waals surface area contributed by atoms with E-state index in [4.69, 9.17) is 0 Å². The summed E-state index contributed by atoms with van der Waals surface area (Å²) in [5.41, 5.74) is 8.29. The molecule has 1 heterocycles. The molecule has 0 aliphatic rings. The van der Waals surface area contributed by atoms with E-state index in [1.807, 2.05) is 0 Å². The Bertz CT molecular complexity index is 1370. The maximum absolute atomic E-state index is 2.42. The average Bonchev–Trinajstić information content (AvgIpc) is 2.98. The molecule has 26 heavy (non-hydrogen) atoms. The molecule has 0 amide bonds. The third kappa shape index (κ3) is 1.71. The van der Waals surface area contributed by atoms with Crippen molar-refractivity contribution in [3.63, 3.8) is 0 Å². The molecule has 0 N–H and O–H groups in total. The van der Waals surface area contributed by atoms with E-state index in [0.717, 1.165) is 0 Å². The standard InChI is InChI=1S/C25H23N/c1-14-15(2)24-23(21-13-9-8-10-18(14)21)22-16(3)19-11-6-7-12-20(19)17(4)25(22)26(24)5/h6-13H,1-5H3. The Morgan fingerprint density at radius 3 is 1.58 bits per heavy atom. The average molecular weight is 337 g/mol. The number of rotatable bonds is 0. The Morgan fingerprint density at radius 2 is 0.962 bits per heavy atom. The van der Waals surface area contributed by atoms with E-state index in [9.17, 15) is 0 Å². The fourth-order valence-electron chi connectivity index (χ4n) is 5.00. The van der Waals surface area contributed by atoms with E-state index < -0.39 is 0 Å². The lowest BCUT2D eigenvalue weighted by molar-refractivity contribution is 1.00. The molecule has 0 spiro atoms. The molecule has 1 nitrogen and oxygen atoms in total. The third-order valence-corrected chi connectivity index (χ3v) is 6.38. The highest BCUT2D eigenvalue weighted by molar-refractivity contribution is 6.26. The predicted molar refractivity (Wildman–Crippen MR) is 114 cm³/mol. The fraction of sp³-hybridized carbons (Fsp3) is 0.200. The third-order valence-electron chi connectivity index (χ3n) is 6.38. The molecular formula is C25H23N. The number of hydrogen-bond acceptors (Lipinski definition) is 0. The van der Waals surface area contributed by atoms with Gasteiger partial charge in [-0.1, -0.05) is 48.5 Å². The van der Waals surface area contributed by atoms with Crippen molar-refractivity contribution >= 4 is 43.4 Å². The smallest absolute Gasteiger partial charge is 0.0527 e. The molecule has 0 aliphatic heterocycles. The number of nitrogens with zero attached hydrogens (tertiary/aromatic N) is 1. The highest BCUT2D eigenvalue weighted by Crippen LogP contribution is 2.43. The maximum Gasteiger partial charge on any atom is 0.0527 e. The molecule has 1 heteroatoms. The van der Waals surface area contributed by atoms with Crippen LogP contribution in [0.3, 0.4) is 0 Å². The van der Waals surface area contributed by atoms with Crippen molar-refractivity contribution in [3.05, 3.63) is 70.8 Å².